The molecule has 0 unspecified atom stereocenters. The van der Waals surface area contributed by atoms with Gasteiger partial charge in [0, 0.05) is 35.9 Å². The Morgan fingerprint density at radius 2 is 1.73 bits per heavy atom. The molecule has 6 heteroatoms. The number of ether oxygens (including phenoxy) is 1. The molecule has 1 aliphatic heterocycles. The number of aromatic nitrogens is 3. The van der Waals surface area contributed by atoms with E-state index in [9.17, 15) is 0 Å². The average molecular weight is 397 g/mol. The molecule has 4 aromatic rings. The van der Waals surface area contributed by atoms with Gasteiger partial charge in [0.05, 0.1) is 18.7 Å². The van der Waals surface area contributed by atoms with Crippen LogP contribution in [0, 0.1) is 6.92 Å². The molecule has 0 saturated carbocycles. The summed E-state index contributed by atoms with van der Waals surface area (Å²) < 4.78 is 5.42. The van der Waals surface area contributed by atoms with Crippen LogP contribution in [0.25, 0.3) is 22.0 Å². The first-order valence-corrected chi connectivity index (χ1v) is 10.1. The van der Waals surface area contributed by atoms with Gasteiger partial charge in [-0.15, -0.1) is 0 Å². The standard InChI is InChI=1S/C24H23N5O/c1-17-4-2-3-5-21(17)28-24-20-8-6-18(14-22(20)26-16-27-24)19-7-9-23(25-15-19)29-10-12-30-13-11-29/h2-9,14-16H,10-13H2,1H3,(H,26,27,28). The van der Waals surface area contributed by atoms with Crippen LogP contribution in [0.15, 0.2) is 67.1 Å². The van der Waals surface area contributed by atoms with E-state index in [4.69, 9.17) is 4.74 Å². The third kappa shape index (κ3) is 3.69. The van der Waals surface area contributed by atoms with Crippen molar-refractivity contribution in [1.82, 2.24) is 15.0 Å². The first kappa shape index (κ1) is 18.5. The fourth-order valence-corrected chi connectivity index (χ4v) is 3.71. The van der Waals surface area contributed by atoms with Gasteiger partial charge in [-0.25, -0.2) is 15.0 Å². The van der Waals surface area contributed by atoms with Crippen LogP contribution in [-0.2, 0) is 4.74 Å². The highest BCUT2D eigenvalue weighted by Gasteiger charge is 2.13. The topological polar surface area (TPSA) is 63.2 Å². The third-order valence-electron chi connectivity index (χ3n) is 5.45. The molecule has 0 amide bonds. The van der Waals surface area contributed by atoms with Gasteiger partial charge in [0.15, 0.2) is 0 Å². The van der Waals surface area contributed by atoms with Crippen LogP contribution in [0.3, 0.4) is 0 Å². The van der Waals surface area contributed by atoms with Crippen molar-refractivity contribution < 1.29 is 4.74 Å². The van der Waals surface area contributed by atoms with E-state index in [0.29, 0.717) is 0 Å². The number of nitrogens with zero attached hydrogens (tertiary/aromatic N) is 4. The number of hydrogen-bond acceptors (Lipinski definition) is 6. The second-order valence-electron chi connectivity index (χ2n) is 7.40. The number of aryl methyl sites for hydroxylation is 1. The molecule has 6 nitrogen and oxygen atoms in total. The molecular formula is C24H23N5O. The van der Waals surface area contributed by atoms with Crippen molar-refractivity contribution in [2.45, 2.75) is 6.92 Å². The lowest BCUT2D eigenvalue weighted by Crippen LogP contribution is -2.36. The van der Waals surface area contributed by atoms with E-state index in [1.807, 2.05) is 18.3 Å². The van der Waals surface area contributed by atoms with Crippen LogP contribution < -0.4 is 10.2 Å². The van der Waals surface area contributed by atoms with E-state index in [2.05, 4.69) is 74.6 Å². The molecule has 0 radical (unpaired) electrons. The molecular weight excluding hydrogens is 374 g/mol. The highest BCUT2D eigenvalue weighted by molar-refractivity contribution is 5.93. The monoisotopic (exact) mass is 397 g/mol. The molecule has 0 bridgehead atoms. The fourth-order valence-electron chi connectivity index (χ4n) is 3.71. The molecule has 0 atom stereocenters. The van der Waals surface area contributed by atoms with Crippen molar-refractivity contribution in [2.24, 2.45) is 0 Å². The number of para-hydroxylation sites is 1. The molecule has 3 heterocycles. The van der Waals surface area contributed by atoms with Gasteiger partial charge in [-0.1, -0.05) is 24.3 Å². The first-order valence-electron chi connectivity index (χ1n) is 10.1. The molecule has 1 N–H and O–H groups in total. The summed E-state index contributed by atoms with van der Waals surface area (Å²) in [6, 6.07) is 18.6. The number of pyridine rings is 1. The number of benzene rings is 2. The molecule has 1 fully saturated rings. The van der Waals surface area contributed by atoms with Crippen molar-refractivity contribution >= 4 is 28.2 Å². The van der Waals surface area contributed by atoms with E-state index in [1.165, 1.54) is 5.56 Å². The number of rotatable bonds is 4. The lowest BCUT2D eigenvalue weighted by Gasteiger charge is -2.27. The Bertz CT molecular complexity index is 1170. The Kier molecular flexibility index (Phi) is 4.99. The maximum atomic E-state index is 5.42. The van der Waals surface area contributed by atoms with Gasteiger partial charge in [-0.2, -0.15) is 0 Å². The summed E-state index contributed by atoms with van der Waals surface area (Å²) in [4.78, 5) is 15.9. The van der Waals surface area contributed by atoms with Crippen molar-refractivity contribution in [3.05, 3.63) is 72.7 Å². The van der Waals surface area contributed by atoms with Crippen LogP contribution in [0.1, 0.15) is 5.56 Å². The van der Waals surface area contributed by atoms with Crippen molar-refractivity contribution in [3.8, 4) is 11.1 Å². The highest BCUT2D eigenvalue weighted by Crippen LogP contribution is 2.29. The van der Waals surface area contributed by atoms with Crippen molar-refractivity contribution in [3.63, 3.8) is 0 Å². The second kappa shape index (κ2) is 8.08. The second-order valence-corrected chi connectivity index (χ2v) is 7.40. The minimum atomic E-state index is 0.757. The normalized spacial score (nSPS) is 14.1. The highest BCUT2D eigenvalue weighted by atomic mass is 16.5. The van der Waals surface area contributed by atoms with Gasteiger partial charge in [-0.05, 0) is 48.4 Å². The van der Waals surface area contributed by atoms with Gasteiger partial charge in [0.25, 0.3) is 0 Å². The summed E-state index contributed by atoms with van der Waals surface area (Å²) in [6.45, 7) is 5.36. The Balaban J connectivity index is 1.43. The lowest BCUT2D eigenvalue weighted by molar-refractivity contribution is 0.122. The predicted octanol–water partition coefficient (Wildman–Crippen LogP) is 4.58. The van der Waals surface area contributed by atoms with E-state index in [1.54, 1.807) is 6.33 Å². The van der Waals surface area contributed by atoms with Crippen LogP contribution >= 0.6 is 0 Å². The zero-order valence-electron chi connectivity index (χ0n) is 16.9. The Morgan fingerprint density at radius 3 is 2.53 bits per heavy atom. The predicted molar refractivity (Wildman–Crippen MR) is 120 cm³/mol. The number of hydrogen-bond donors (Lipinski definition) is 1. The van der Waals surface area contributed by atoms with E-state index < -0.39 is 0 Å². The molecule has 1 saturated heterocycles. The van der Waals surface area contributed by atoms with Gasteiger partial charge >= 0.3 is 0 Å². The summed E-state index contributed by atoms with van der Waals surface area (Å²) in [5.41, 5.74) is 5.28. The zero-order valence-corrected chi connectivity index (χ0v) is 16.9. The van der Waals surface area contributed by atoms with Gasteiger partial charge in [0.1, 0.15) is 18.0 Å². The lowest BCUT2D eigenvalue weighted by atomic mass is 10.1. The van der Waals surface area contributed by atoms with Gasteiger partial charge < -0.3 is 15.0 Å². The number of nitrogens with one attached hydrogen (secondary N) is 1. The van der Waals surface area contributed by atoms with E-state index >= 15 is 0 Å². The minimum absolute atomic E-state index is 0.757. The zero-order chi connectivity index (χ0) is 20.3. The summed E-state index contributed by atoms with van der Waals surface area (Å²) in [7, 11) is 0. The van der Waals surface area contributed by atoms with Gasteiger partial charge in [-0.3, -0.25) is 0 Å². The number of anilines is 3. The summed E-state index contributed by atoms with van der Waals surface area (Å²) >= 11 is 0. The summed E-state index contributed by atoms with van der Waals surface area (Å²) in [6.07, 6.45) is 3.53. The van der Waals surface area contributed by atoms with Crippen LogP contribution in [-0.4, -0.2) is 41.3 Å². The quantitative estimate of drug-likeness (QED) is 0.544. The Labute approximate surface area is 175 Å². The maximum Gasteiger partial charge on any atom is 0.141 e. The molecule has 2 aromatic carbocycles. The van der Waals surface area contributed by atoms with Crippen LogP contribution in [0.4, 0.5) is 17.3 Å². The molecule has 1 aliphatic rings. The van der Waals surface area contributed by atoms with E-state index in [0.717, 1.165) is 65.7 Å². The Hall–Kier alpha value is -3.51. The molecule has 0 aliphatic carbocycles. The average Bonchev–Trinajstić information content (AvgIpc) is 2.81. The third-order valence-corrected chi connectivity index (χ3v) is 5.45. The van der Waals surface area contributed by atoms with E-state index in [-0.39, 0.29) is 0 Å². The minimum Gasteiger partial charge on any atom is -0.378 e. The number of morpholine rings is 1. The first-order chi connectivity index (χ1) is 14.8. The SMILES string of the molecule is Cc1ccccc1Nc1ncnc2cc(-c3ccc(N4CCOCC4)nc3)ccc12. The Morgan fingerprint density at radius 1 is 0.900 bits per heavy atom. The number of fused-ring (bicyclic) bond motifs is 1. The molecule has 150 valence electrons. The molecule has 0 spiro atoms. The van der Waals surface area contributed by atoms with Gasteiger partial charge in [0.2, 0.25) is 0 Å². The summed E-state index contributed by atoms with van der Waals surface area (Å²) in [5.74, 6) is 1.80. The fraction of sp³-hybridized carbons (Fsp3) is 0.208. The molecule has 5 rings (SSSR count). The van der Waals surface area contributed by atoms with Crippen LogP contribution in [0.5, 0.6) is 0 Å². The van der Waals surface area contributed by atoms with Crippen molar-refractivity contribution in [2.75, 3.05) is 36.5 Å². The largest absolute Gasteiger partial charge is 0.378 e. The maximum absolute atomic E-state index is 5.42. The molecule has 30 heavy (non-hydrogen) atoms. The smallest absolute Gasteiger partial charge is 0.141 e. The molecule has 2 aromatic heterocycles. The summed E-state index contributed by atoms with van der Waals surface area (Å²) in [5, 5.41) is 4.43. The van der Waals surface area contributed by atoms with Crippen molar-refractivity contribution in [1.29, 1.82) is 0 Å². The van der Waals surface area contributed by atoms with Crippen LogP contribution in [0.2, 0.25) is 0 Å².